The zero-order valence-corrected chi connectivity index (χ0v) is 21.9. The van der Waals surface area contributed by atoms with Crippen LogP contribution in [0.5, 0.6) is 11.5 Å². The van der Waals surface area contributed by atoms with Crippen molar-refractivity contribution in [1.82, 2.24) is 15.5 Å². The summed E-state index contributed by atoms with van der Waals surface area (Å²) in [5, 5.41) is 5.45. The fourth-order valence-electron chi connectivity index (χ4n) is 3.62. The van der Waals surface area contributed by atoms with Gasteiger partial charge < -0.3 is 34.2 Å². The summed E-state index contributed by atoms with van der Waals surface area (Å²) in [7, 11) is 0. The molecule has 2 N–H and O–H groups in total. The predicted molar refractivity (Wildman–Crippen MR) is 131 cm³/mol. The minimum Gasteiger partial charge on any atom is -0.464 e. The molecule has 196 valence electrons. The average molecular weight is 502 g/mol. The molecule has 36 heavy (non-hydrogen) atoms. The van der Waals surface area contributed by atoms with E-state index in [4.69, 9.17) is 18.6 Å². The number of furan rings is 1. The van der Waals surface area contributed by atoms with Crippen molar-refractivity contribution < 1.29 is 33.0 Å². The Kier molecular flexibility index (Phi) is 7.86. The summed E-state index contributed by atoms with van der Waals surface area (Å²) < 4.78 is 21.9. The molecule has 1 aromatic carbocycles. The number of carbonyl (C=O) groups is 3. The fraction of sp³-hybridized carbons (Fsp3) is 0.500. The summed E-state index contributed by atoms with van der Waals surface area (Å²) in [6.07, 6.45) is -0.733. The molecule has 2 heterocycles. The van der Waals surface area contributed by atoms with Gasteiger partial charge in [0.25, 0.3) is 0 Å². The summed E-state index contributed by atoms with van der Waals surface area (Å²) in [5.41, 5.74) is -0.758. The van der Waals surface area contributed by atoms with E-state index in [1.165, 1.54) is 4.90 Å². The lowest BCUT2D eigenvalue weighted by atomic mass is 10.0. The summed E-state index contributed by atoms with van der Waals surface area (Å²) in [4.78, 5) is 40.7. The monoisotopic (exact) mass is 501 g/mol. The van der Waals surface area contributed by atoms with Gasteiger partial charge in [0.1, 0.15) is 29.7 Å². The third-order valence-corrected chi connectivity index (χ3v) is 5.00. The van der Waals surface area contributed by atoms with E-state index >= 15 is 0 Å². The highest BCUT2D eigenvalue weighted by molar-refractivity contribution is 5.90. The third-order valence-electron chi connectivity index (χ3n) is 5.00. The largest absolute Gasteiger partial charge is 0.464 e. The van der Waals surface area contributed by atoms with Crippen LogP contribution in [0, 0.1) is 6.92 Å². The maximum Gasteiger partial charge on any atom is 0.408 e. The summed E-state index contributed by atoms with van der Waals surface area (Å²) in [5.74, 6) is 1.31. The van der Waals surface area contributed by atoms with Gasteiger partial charge in [0, 0.05) is 5.54 Å². The zero-order valence-electron chi connectivity index (χ0n) is 21.9. The minimum absolute atomic E-state index is 0.000652. The summed E-state index contributed by atoms with van der Waals surface area (Å²) in [6, 6.07) is 7.58. The molecule has 0 fully saturated rings. The average Bonchev–Trinajstić information content (AvgIpc) is 3.37. The molecule has 0 aliphatic carbocycles. The smallest absolute Gasteiger partial charge is 0.408 e. The van der Waals surface area contributed by atoms with Crippen molar-refractivity contribution in [3.63, 3.8) is 0 Å². The van der Waals surface area contributed by atoms with Crippen LogP contribution in [0.3, 0.4) is 0 Å². The predicted octanol–water partition coefficient (Wildman–Crippen LogP) is 3.83. The number of rotatable bonds is 7. The van der Waals surface area contributed by atoms with Crippen LogP contribution in [0.25, 0.3) is 0 Å². The summed E-state index contributed by atoms with van der Waals surface area (Å²) in [6.45, 7) is 12.2. The molecule has 0 bridgehead atoms. The highest BCUT2D eigenvalue weighted by Crippen LogP contribution is 2.36. The number of benzene rings is 1. The SMILES string of the molecule is Cc1ccc(CN(C(=O)CNC(=O)OC(C)(C)C)C(C(=O)NC(C)(C)C)c2ccc3c(c2)OCO3)o1. The number of carbonyl (C=O) groups excluding carboxylic acids is 3. The van der Waals surface area contributed by atoms with Gasteiger partial charge in [0.05, 0.1) is 6.54 Å². The molecular weight excluding hydrogens is 466 g/mol. The van der Waals surface area contributed by atoms with Gasteiger partial charge in [-0.2, -0.15) is 0 Å². The standard InChI is InChI=1S/C26H35N3O7/c1-16-8-10-18(35-16)14-29(21(30)13-27-24(32)36-26(5,6)7)22(23(31)28-25(2,3)4)17-9-11-19-20(12-17)34-15-33-19/h8-12,22H,13-15H2,1-7H3,(H,27,32)(H,28,31). The van der Waals surface area contributed by atoms with Gasteiger partial charge in [0.15, 0.2) is 11.5 Å². The van der Waals surface area contributed by atoms with Crippen molar-refractivity contribution in [1.29, 1.82) is 0 Å². The minimum atomic E-state index is -1.04. The van der Waals surface area contributed by atoms with Gasteiger partial charge in [-0.15, -0.1) is 0 Å². The highest BCUT2D eigenvalue weighted by atomic mass is 16.7. The van der Waals surface area contributed by atoms with Crippen LogP contribution < -0.4 is 20.1 Å². The van der Waals surface area contributed by atoms with Gasteiger partial charge in [-0.1, -0.05) is 6.07 Å². The molecule has 10 nitrogen and oxygen atoms in total. The second-order valence-electron chi connectivity index (χ2n) is 10.6. The van der Waals surface area contributed by atoms with Gasteiger partial charge in [-0.25, -0.2) is 4.79 Å². The molecule has 0 spiro atoms. The molecule has 10 heteroatoms. The lowest BCUT2D eigenvalue weighted by Crippen LogP contribution is -2.51. The number of hydrogen-bond donors (Lipinski definition) is 2. The van der Waals surface area contributed by atoms with E-state index in [-0.39, 0.29) is 19.9 Å². The molecule has 2 aromatic rings. The number of amides is 3. The molecule has 1 atom stereocenters. The van der Waals surface area contributed by atoms with Crippen LogP contribution in [0.2, 0.25) is 0 Å². The molecule has 3 rings (SSSR count). The Labute approximate surface area is 211 Å². The first-order valence-electron chi connectivity index (χ1n) is 11.7. The number of nitrogens with zero attached hydrogens (tertiary/aromatic N) is 1. The molecule has 0 saturated heterocycles. The van der Waals surface area contributed by atoms with Gasteiger partial charge in [0.2, 0.25) is 18.6 Å². The lowest BCUT2D eigenvalue weighted by Gasteiger charge is -2.33. The van der Waals surface area contributed by atoms with Crippen LogP contribution in [-0.4, -0.2) is 47.3 Å². The normalized spacial score (nSPS) is 13.6. The highest BCUT2D eigenvalue weighted by Gasteiger charge is 2.35. The van der Waals surface area contributed by atoms with Crippen LogP contribution in [0.15, 0.2) is 34.7 Å². The topological polar surface area (TPSA) is 119 Å². The van der Waals surface area contributed by atoms with E-state index < -0.39 is 35.1 Å². The first kappa shape index (κ1) is 26.9. The van der Waals surface area contributed by atoms with Crippen molar-refractivity contribution in [3.05, 3.63) is 47.4 Å². The maximum atomic E-state index is 13.6. The molecule has 1 aliphatic rings. The molecule has 1 aliphatic heterocycles. The Bertz CT molecular complexity index is 1110. The molecule has 3 amide bonds. The van der Waals surface area contributed by atoms with E-state index in [1.54, 1.807) is 58.0 Å². The van der Waals surface area contributed by atoms with Crippen LogP contribution in [-0.2, 0) is 20.9 Å². The summed E-state index contributed by atoms with van der Waals surface area (Å²) >= 11 is 0. The second-order valence-corrected chi connectivity index (χ2v) is 10.6. The number of fused-ring (bicyclic) bond motifs is 1. The molecule has 1 aromatic heterocycles. The van der Waals surface area contributed by atoms with Gasteiger partial charge in [-0.05, 0) is 78.3 Å². The molecular formula is C26H35N3O7. The quantitative estimate of drug-likeness (QED) is 0.592. The molecule has 0 radical (unpaired) electrons. The number of nitrogens with one attached hydrogen (secondary N) is 2. The number of ether oxygens (including phenoxy) is 3. The Balaban J connectivity index is 1.96. The van der Waals surface area contributed by atoms with Crippen molar-refractivity contribution in [2.75, 3.05) is 13.3 Å². The Morgan fingerprint density at radius 1 is 1.03 bits per heavy atom. The molecule has 1 unspecified atom stereocenters. The van der Waals surface area contributed by atoms with E-state index in [2.05, 4.69) is 10.6 Å². The van der Waals surface area contributed by atoms with Crippen LogP contribution in [0.1, 0.15) is 64.7 Å². The van der Waals surface area contributed by atoms with Crippen molar-refractivity contribution in [2.45, 2.75) is 72.2 Å². The third kappa shape index (κ3) is 7.40. The van der Waals surface area contributed by atoms with E-state index in [0.717, 1.165) is 0 Å². The van der Waals surface area contributed by atoms with Crippen molar-refractivity contribution in [2.24, 2.45) is 0 Å². The van der Waals surface area contributed by atoms with E-state index in [0.29, 0.717) is 28.6 Å². The lowest BCUT2D eigenvalue weighted by molar-refractivity contribution is -0.141. The second kappa shape index (κ2) is 10.5. The van der Waals surface area contributed by atoms with Crippen molar-refractivity contribution >= 4 is 17.9 Å². The zero-order chi connectivity index (χ0) is 26.7. The van der Waals surface area contributed by atoms with Gasteiger partial charge in [-0.3, -0.25) is 9.59 Å². The van der Waals surface area contributed by atoms with E-state index in [9.17, 15) is 14.4 Å². The first-order valence-corrected chi connectivity index (χ1v) is 11.7. The number of hydrogen-bond acceptors (Lipinski definition) is 7. The fourth-order valence-corrected chi connectivity index (χ4v) is 3.62. The van der Waals surface area contributed by atoms with Gasteiger partial charge >= 0.3 is 6.09 Å². The maximum absolute atomic E-state index is 13.6. The Morgan fingerprint density at radius 2 is 1.72 bits per heavy atom. The Morgan fingerprint density at radius 3 is 2.33 bits per heavy atom. The Hall–Kier alpha value is -3.69. The first-order chi connectivity index (χ1) is 16.7. The molecule has 0 saturated carbocycles. The number of aryl methyl sites for hydroxylation is 1. The number of alkyl carbamates (subject to hydrolysis) is 1. The van der Waals surface area contributed by atoms with Crippen LogP contribution in [0.4, 0.5) is 4.79 Å². The van der Waals surface area contributed by atoms with Crippen LogP contribution >= 0.6 is 0 Å². The van der Waals surface area contributed by atoms with Crippen molar-refractivity contribution in [3.8, 4) is 11.5 Å². The van der Waals surface area contributed by atoms with E-state index in [1.807, 2.05) is 20.8 Å².